The van der Waals surface area contributed by atoms with Crippen LogP contribution in [0.1, 0.15) is 12.5 Å². The van der Waals surface area contributed by atoms with Crippen molar-refractivity contribution in [2.24, 2.45) is 11.7 Å². The summed E-state index contributed by atoms with van der Waals surface area (Å²) in [5, 5.41) is 0. The lowest BCUT2D eigenvalue weighted by molar-refractivity contribution is -0.138. The molecule has 0 spiro atoms. The van der Waals surface area contributed by atoms with Crippen molar-refractivity contribution >= 4 is 5.97 Å². The highest BCUT2D eigenvalue weighted by Gasteiger charge is 2.12. The molecule has 3 heteroatoms. The summed E-state index contributed by atoms with van der Waals surface area (Å²) in [5.41, 5.74) is 6.49. The normalized spacial score (nSPS) is 12.2. The Bertz CT molecular complexity index is 306. The molecule has 3 nitrogen and oxygen atoms in total. The average Bonchev–Trinajstić information content (AvgIpc) is 2.20. The number of carbonyl (C=O) groups excluding carboxylic acids is 1. The summed E-state index contributed by atoms with van der Waals surface area (Å²) < 4.78 is 5.10. The predicted octanol–water partition coefficient (Wildman–Crippen LogP) is 1.50. The fraction of sp³-hybridized carbons (Fsp3) is 0.364. The van der Waals surface area contributed by atoms with Crippen LogP contribution in [0.4, 0.5) is 0 Å². The monoisotopic (exact) mass is 193 g/mol. The molecule has 0 aliphatic carbocycles. The standard InChI is InChI=1S/C11H15NO2/c1-8-3-5-10(6-4-8)14-11(13)9(2)7-12/h3-6,9H,7,12H2,1-2H3. The molecule has 1 rings (SSSR count). The minimum atomic E-state index is -0.281. The highest BCUT2D eigenvalue weighted by molar-refractivity contribution is 5.74. The molecule has 0 aliphatic rings. The molecule has 0 aliphatic heterocycles. The zero-order valence-corrected chi connectivity index (χ0v) is 8.49. The van der Waals surface area contributed by atoms with Crippen LogP contribution >= 0.6 is 0 Å². The topological polar surface area (TPSA) is 52.3 Å². The van der Waals surface area contributed by atoms with Crippen LogP contribution in [0.25, 0.3) is 0 Å². The van der Waals surface area contributed by atoms with Crippen LogP contribution in [0.2, 0.25) is 0 Å². The van der Waals surface area contributed by atoms with Gasteiger partial charge in [-0.2, -0.15) is 0 Å². The lowest BCUT2D eigenvalue weighted by Gasteiger charge is -2.08. The summed E-state index contributed by atoms with van der Waals surface area (Å²) in [5.74, 6) is 0.0357. The maximum Gasteiger partial charge on any atom is 0.315 e. The summed E-state index contributed by atoms with van der Waals surface area (Å²) >= 11 is 0. The van der Waals surface area contributed by atoms with E-state index < -0.39 is 0 Å². The Morgan fingerprint density at radius 3 is 2.50 bits per heavy atom. The third-order valence-corrected chi connectivity index (χ3v) is 2.00. The quantitative estimate of drug-likeness (QED) is 0.584. The Morgan fingerprint density at radius 1 is 1.43 bits per heavy atom. The van der Waals surface area contributed by atoms with Crippen molar-refractivity contribution in [2.45, 2.75) is 13.8 Å². The molecular weight excluding hydrogens is 178 g/mol. The van der Waals surface area contributed by atoms with Crippen LogP contribution < -0.4 is 10.5 Å². The van der Waals surface area contributed by atoms with Crippen molar-refractivity contribution in [3.05, 3.63) is 29.8 Å². The van der Waals surface area contributed by atoms with Gasteiger partial charge < -0.3 is 10.5 Å². The number of benzene rings is 1. The maximum absolute atomic E-state index is 11.3. The summed E-state index contributed by atoms with van der Waals surface area (Å²) in [4.78, 5) is 11.3. The molecule has 0 fully saturated rings. The molecule has 1 unspecified atom stereocenters. The van der Waals surface area contributed by atoms with Crippen LogP contribution in [0.15, 0.2) is 24.3 Å². The van der Waals surface area contributed by atoms with Gasteiger partial charge in [-0.15, -0.1) is 0 Å². The van der Waals surface area contributed by atoms with E-state index in [-0.39, 0.29) is 11.9 Å². The molecular formula is C11H15NO2. The van der Waals surface area contributed by atoms with Gasteiger partial charge in [0.2, 0.25) is 0 Å². The van der Waals surface area contributed by atoms with Crippen molar-refractivity contribution in [1.29, 1.82) is 0 Å². The number of esters is 1. The molecule has 1 atom stereocenters. The van der Waals surface area contributed by atoms with Gasteiger partial charge in [0.15, 0.2) is 0 Å². The van der Waals surface area contributed by atoms with Gasteiger partial charge in [-0.25, -0.2) is 0 Å². The van der Waals surface area contributed by atoms with Crippen molar-refractivity contribution in [3.63, 3.8) is 0 Å². The number of carbonyl (C=O) groups is 1. The van der Waals surface area contributed by atoms with Crippen LogP contribution in [0.5, 0.6) is 5.75 Å². The Kier molecular flexibility index (Phi) is 3.65. The Balaban J connectivity index is 2.60. The van der Waals surface area contributed by atoms with Crippen LogP contribution in [-0.4, -0.2) is 12.5 Å². The van der Waals surface area contributed by atoms with Crippen LogP contribution in [0.3, 0.4) is 0 Å². The van der Waals surface area contributed by atoms with Crippen molar-refractivity contribution in [1.82, 2.24) is 0 Å². The fourth-order valence-corrected chi connectivity index (χ4v) is 0.919. The van der Waals surface area contributed by atoms with Gasteiger partial charge in [0.25, 0.3) is 0 Å². The van der Waals surface area contributed by atoms with E-state index in [4.69, 9.17) is 10.5 Å². The summed E-state index contributed by atoms with van der Waals surface area (Å²) in [7, 11) is 0. The first-order chi connectivity index (χ1) is 6.63. The molecule has 0 radical (unpaired) electrons. The predicted molar refractivity (Wildman–Crippen MR) is 55.0 cm³/mol. The number of hydrogen-bond acceptors (Lipinski definition) is 3. The number of nitrogens with two attached hydrogens (primary N) is 1. The zero-order valence-electron chi connectivity index (χ0n) is 8.49. The van der Waals surface area contributed by atoms with E-state index in [1.54, 1.807) is 19.1 Å². The SMILES string of the molecule is Cc1ccc(OC(=O)C(C)CN)cc1. The minimum absolute atomic E-state index is 0.253. The minimum Gasteiger partial charge on any atom is -0.426 e. The number of ether oxygens (including phenoxy) is 1. The summed E-state index contributed by atoms with van der Waals surface area (Å²) in [6.07, 6.45) is 0. The van der Waals surface area contributed by atoms with Crippen molar-refractivity contribution < 1.29 is 9.53 Å². The highest BCUT2D eigenvalue weighted by atomic mass is 16.5. The molecule has 0 amide bonds. The van der Waals surface area contributed by atoms with Gasteiger partial charge in [-0.1, -0.05) is 24.6 Å². The first-order valence-corrected chi connectivity index (χ1v) is 4.62. The maximum atomic E-state index is 11.3. The largest absolute Gasteiger partial charge is 0.426 e. The first kappa shape index (κ1) is 10.7. The van der Waals surface area contributed by atoms with Gasteiger partial charge in [0.05, 0.1) is 5.92 Å². The molecule has 0 heterocycles. The van der Waals surface area contributed by atoms with Crippen molar-refractivity contribution in [2.75, 3.05) is 6.54 Å². The molecule has 0 saturated carbocycles. The Hall–Kier alpha value is -1.35. The highest BCUT2D eigenvalue weighted by Crippen LogP contribution is 2.12. The molecule has 76 valence electrons. The Morgan fingerprint density at radius 2 is 2.00 bits per heavy atom. The van der Waals surface area contributed by atoms with Gasteiger partial charge in [0.1, 0.15) is 5.75 Å². The summed E-state index contributed by atoms with van der Waals surface area (Å²) in [6.45, 7) is 4.04. The lowest BCUT2D eigenvalue weighted by Crippen LogP contribution is -2.24. The van der Waals surface area contributed by atoms with Crippen molar-refractivity contribution in [3.8, 4) is 5.75 Å². The second-order valence-corrected chi connectivity index (χ2v) is 3.37. The fourth-order valence-electron chi connectivity index (χ4n) is 0.919. The van der Waals surface area contributed by atoms with Gasteiger partial charge in [-0.3, -0.25) is 4.79 Å². The molecule has 0 bridgehead atoms. The molecule has 1 aromatic carbocycles. The van der Waals surface area contributed by atoms with E-state index in [1.165, 1.54) is 0 Å². The lowest BCUT2D eigenvalue weighted by atomic mass is 10.2. The third-order valence-electron chi connectivity index (χ3n) is 2.00. The third kappa shape index (κ3) is 2.85. The molecule has 1 aromatic rings. The van der Waals surface area contributed by atoms with E-state index in [2.05, 4.69) is 0 Å². The van der Waals surface area contributed by atoms with E-state index in [0.717, 1.165) is 5.56 Å². The molecule has 0 aromatic heterocycles. The molecule has 0 saturated heterocycles. The first-order valence-electron chi connectivity index (χ1n) is 4.62. The van der Waals surface area contributed by atoms with Gasteiger partial charge in [-0.05, 0) is 19.1 Å². The average molecular weight is 193 g/mol. The van der Waals surface area contributed by atoms with Crippen LogP contribution in [-0.2, 0) is 4.79 Å². The second kappa shape index (κ2) is 4.77. The number of rotatable bonds is 3. The van der Waals surface area contributed by atoms with E-state index >= 15 is 0 Å². The Labute approximate surface area is 83.9 Å². The summed E-state index contributed by atoms with van der Waals surface area (Å²) in [6, 6.07) is 7.35. The molecule has 2 N–H and O–H groups in total. The van der Waals surface area contributed by atoms with E-state index in [9.17, 15) is 4.79 Å². The molecule has 14 heavy (non-hydrogen) atoms. The van der Waals surface area contributed by atoms with E-state index in [0.29, 0.717) is 12.3 Å². The number of hydrogen-bond donors (Lipinski definition) is 1. The smallest absolute Gasteiger partial charge is 0.315 e. The van der Waals surface area contributed by atoms with Gasteiger partial charge >= 0.3 is 5.97 Å². The van der Waals surface area contributed by atoms with Crippen LogP contribution in [0, 0.1) is 12.8 Å². The second-order valence-electron chi connectivity index (χ2n) is 3.37. The van der Waals surface area contributed by atoms with E-state index in [1.807, 2.05) is 19.1 Å². The number of aryl methyl sites for hydroxylation is 1. The van der Waals surface area contributed by atoms with Gasteiger partial charge in [0, 0.05) is 6.54 Å². The zero-order chi connectivity index (χ0) is 10.6.